The van der Waals surface area contributed by atoms with Crippen molar-refractivity contribution in [1.82, 2.24) is 10.3 Å². The van der Waals surface area contributed by atoms with Crippen molar-refractivity contribution in [3.8, 4) is 0 Å². The van der Waals surface area contributed by atoms with Crippen LogP contribution in [0.4, 0.5) is 10.2 Å². The van der Waals surface area contributed by atoms with Gasteiger partial charge in [0.05, 0.1) is 0 Å². The van der Waals surface area contributed by atoms with Crippen LogP contribution in [0.2, 0.25) is 0 Å². The van der Waals surface area contributed by atoms with Crippen LogP contribution in [-0.2, 0) is 6.54 Å². The molecule has 0 amide bonds. The molecule has 0 radical (unpaired) electrons. The molecule has 0 unspecified atom stereocenters. The Balaban J connectivity index is 2.13. The first-order chi connectivity index (χ1) is 9.33. The summed E-state index contributed by atoms with van der Waals surface area (Å²) in [7, 11) is 0. The fraction of sp³-hybridized carbons (Fsp3) is 0.667. The molecule has 1 aromatic rings. The number of halogens is 1. The van der Waals surface area contributed by atoms with Gasteiger partial charge in [-0.3, -0.25) is 0 Å². The lowest BCUT2D eigenvalue weighted by Gasteiger charge is -2.26. The van der Waals surface area contributed by atoms with Crippen LogP contribution in [0.5, 0.6) is 0 Å². The van der Waals surface area contributed by atoms with Crippen LogP contribution in [0.25, 0.3) is 0 Å². The summed E-state index contributed by atoms with van der Waals surface area (Å²) in [5.41, 5.74) is 0.717. The largest absolute Gasteiger partial charge is 0.354 e. The van der Waals surface area contributed by atoms with Gasteiger partial charge in [0.1, 0.15) is 0 Å². The van der Waals surface area contributed by atoms with Gasteiger partial charge in [-0.15, -0.1) is 0 Å². The van der Waals surface area contributed by atoms with Gasteiger partial charge >= 0.3 is 0 Å². The van der Waals surface area contributed by atoms with Crippen molar-refractivity contribution in [1.29, 1.82) is 0 Å². The molecule has 19 heavy (non-hydrogen) atoms. The highest BCUT2D eigenvalue weighted by Crippen LogP contribution is 2.22. The fourth-order valence-electron chi connectivity index (χ4n) is 2.55. The molecule has 1 aliphatic heterocycles. The second-order valence-electron chi connectivity index (χ2n) is 5.14. The maximum atomic E-state index is 14.5. The zero-order chi connectivity index (χ0) is 13.5. The second kappa shape index (κ2) is 7.43. The Morgan fingerprint density at radius 3 is 2.58 bits per heavy atom. The second-order valence-corrected chi connectivity index (χ2v) is 5.14. The smallest absolute Gasteiger partial charge is 0.170 e. The molecule has 1 aromatic heterocycles. The minimum atomic E-state index is -0.149. The van der Waals surface area contributed by atoms with Crippen LogP contribution in [-0.4, -0.2) is 24.6 Å². The SMILES string of the molecule is CCNCc1ccnc(N2CCCCCCC2)c1F. The predicted molar refractivity (Wildman–Crippen MR) is 76.9 cm³/mol. The van der Waals surface area contributed by atoms with Crippen LogP contribution in [0, 0.1) is 5.82 Å². The summed E-state index contributed by atoms with van der Waals surface area (Å²) < 4.78 is 14.5. The van der Waals surface area contributed by atoms with E-state index in [0.717, 1.165) is 32.5 Å². The Kier molecular flexibility index (Phi) is 5.58. The van der Waals surface area contributed by atoms with Gasteiger partial charge in [0.15, 0.2) is 11.6 Å². The average molecular weight is 265 g/mol. The molecule has 106 valence electrons. The summed E-state index contributed by atoms with van der Waals surface area (Å²) >= 11 is 0. The number of nitrogens with zero attached hydrogens (tertiary/aromatic N) is 2. The van der Waals surface area contributed by atoms with Crippen LogP contribution in [0.15, 0.2) is 12.3 Å². The maximum absolute atomic E-state index is 14.5. The highest BCUT2D eigenvalue weighted by molar-refractivity contribution is 5.43. The van der Waals surface area contributed by atoms with Gasteiger partial charge in [-0.05, 0) is 25.5 Å². The van der Waals surface area contributed by atoms with Crippen molar-refractivity contribution in [2.24, 2.45) is 0 Å². The standard InChI is InChI=1S/C15H24FN3/c1-2-17-12-13-8-9-18-15(14(13)16)19-10-6-4-3-5-7-11-19/h8-9,17H,2-7,10-12H2,1H3. The van der Waals surface area contributed by atoms with Gasteiger partial charge in [0.2, 0.25) is 0 Å². The van der Waals surface area contributed by atoms with Crippen LogP contribution in [0.1, 0.15) is 44.6 Å². The molecule has 3 nitrogen and oxygen atoms in total. The van der Waals surface area contributed by atoms with Crippen LogP contribution < -0.4 is 10.2 Å². The van der Waals surface area contributed by atoms with Crippen LogP contribution in [0.3, 0.4) is 0 Å². The molecule has 4 heteroatoms. The van der Waals surface area contributed by atoms with E-state index < -0.39 is 0 Å². The molecule has 1 fully saturated rings. The summed E-state index contributed by atoms with van der Waals surface area (Å²) in [5.74, 6) is 0.390. The van der Waals surface area contributed by atoms with E-state index >= 15 is 0 Å². The van der Waals surface area contributed by atoms with Gasteiger partial charge in [0, 0.05) is 31.4 Å². The number of hydrogen-bond acceptors (Lipinski definition) is 3. The van der Waals surface area contributed by atoms with Crippen LogP contribution >= 0.6 is 0 Å². The molecule has 0 aromatic carbocycles. The van der Waals surface area contributed by atoms with Gasteiger partial charge < -0.3 is 10.2 Å². The highest BCUT2D eigenvalue weighted by Gasteiger charge is 2.16. The lowest BCUT2D eigenvalue weighted by molar-refractivity contribution is 0.534. The van der Waals surface area contributed by atoms with Gasteiger partial charge in [0.25, 0.3) is 0 Å². The summed E-state index contributed by atoms with van der Waals surface area (Å²) in [6.07, 6.45) is 7.80. The topological polar surface area (TPSA) is 28.2 Å². The first kappa shape index (κ1) is 14.3. The number of aromatic nitrogens is 1. The fourth-order valence-corrected chi connectivity index (χ4v) is 2.55. The van der Waals surface area contributed by atoms with E-state index in [1.807, 2.05) is 6.92 Å². The van der Waals surface area contributed by atoms with E-state index in [0.29, 0.717) is 17.9 Å². The summed E-state index contributed by atoms with van der Waals surface area (Å²) in [5, 5.41) is 3.17. The Morgan fingerprint density at radius 2 is 1.89 bits per heavy atom. The molecule has 1 N–H and O–H groups in total. The van der Waals surface area contributed by atoms with Crippen molar-refractivity contribution in [3.63, 3.8) is 0 Å². The number of anilines is 1. The van der Waals surface area contributed by atoms with Crippen molar-refractivity contribution in [2.75, 3.05) is 24.5 Å². The first-order valence-electron chi connectivity index (χ1n) is 7.42. The monoisotopic (exact) mass is 265 g/mol. The lowest BCUT2D eigenvalue weighted by atomic mass is 10.1. The normalized spacial score (nSPS) is 17.1. The maximum Gasteiger partial charge on any atom is 0.170 e. The average Bonchev–Trinajstić information content (AvgIpc) is 2.38. The molecular formula is C15H24FN3. The quantitative estimate of drug-likeness (QED) is 0.906. The molecule has 2 rings (SSSR count). The minimum Gasteiger partial charge on any atom is -0.354 e. The third kappa shape index (κ3) is 3.90. The van der Waals surface area contributed by atoms with Crippen molar-refractivity contribution in [3.05, 3.63) is 23.6 Å². The van der Waals surface area contributed by atoms with Crippen molar-refractivity contribution >= 4 is 5.82 Å². The Hall–Kier alpha value is -1.16. The van der Waals surface area contributed by atoms with Crippen molar-refractivity contribution < 1.29 is 4.39 Å². The minimum absolute atomic E-state index is 0.149. The third-order valence-electron chi connectivity index (χ3n) is 3.67. The molecule has 0 atom stereocenters. The molecule has 1 saturated heterocycles. The zero-order valence-corrected chi connectivity index (χ0v) is 11.8. The highest BCUT2D eigenvalue weighted by atomic mass is 19.1. The summed E-state index contributed by atoms with van der Waals surface area (Å²) in [6, 6.07) is 1.77. The van der Waals surface area contributed by atoms with E-state index in [-0.39, 0.29) is 5.82 Å². The van der Waals surface area contributed by atoms with E-state index in [4.69, 9.17) is 0 Å². The lowest BCUT2D eigenvalue weighted by Crippen LogP contribution is -2.29. The number of pyridine rings is 1. The number of hydrogen-bond donors (Lipinski definition) is 1. The van der Waals surface area contributed by atoms with Gasteiger partial charge in [-0.1, -0.05) is 26.2 Å². The molecule has 2 heterocycles. The summed E-state index contributed by atoms with van der Waals surface area (Å²) in [4.78, 5) is 6.38. The third-order valence-corrected chi connectivity index (χ3v) is 3.67. The van der Waals surface area contributed by atoms with E-state index in [1.165, 1.54) is 19.3 Å². The Labute approximate surface area is 115 Å². The van der Waals surface area contributed by atoms with E-state index in [2.05, 4.69) is 15.2 Å². The number of nitrogens with one attached hydrogen (secondary N) is 1. The predicted octanol–water partition coefficient (Wildman–Crippen LogP) is 3.10. The molecule has 0 aliphatic carbocycles. The molecule has 0 spiro atoms. The van der Waals surface area contributed by atoms with E-state index in [1.54, 1.807) is 12.3 Å². The number of rotatable bonds is 4. The van der Waals surface area contributed by atoms with E-state index in [9.17, 15) is 4.39 Å². The molecule has 0 saturated carbocycles. The van der Waals surface area contributed by atoms with Gasteiger partial charge in [-0.25, -0.2) is 9.37 Å². The molecule has 1 aliphatic rings. The molecular weight excluding hydrogens is 241 g/mol. The van der Waals surface area contributed by atoms with Gasteiger partial charge in [-0.2, -0.15) is 0 Å². The first-order valence-corrected chi connectivity index (χ1v) is 7.42. The summed E-state index contributed by atoms with van der Waals surface area (Å²) in [6.45, 7) is 5.30. The molecule has 0 bridgehead atoms. The van der Waals surface area contributed by atoms with Crippen molar-refractivity contribution in [2.45, 2.75) is 45.6 Å². The Morgan fingerprint density at radius 1 is 1.21 bits per heavy atom. The Bertz CT molecular complexity index is 387. The zero-order valence-electron chi connectivity index (χ0n) is 11.8.